The third kappa shape index (κ3) is 2.23. The fraction of sp³-hybridized carbons (Fsp3) is 0.571. The molecule has 94 valence electrons. The van der Waals surface area contributed by atoms with Gasteiger partial charge in [0.05, 0.1) is 6.61 Å². The zero-order chi connectivity index (χ0) is 12.3. The lowest BCUT2D eigenvalue weighted by Crippen LogP contribution is -2.34. The number of hydrogen-bond donors (Lipinski definition) is 2. The second kappa shape index (κ2) is 5.17. The van der Waals surface area contributed by atoms with E-state index in [2.05, 4.69) is 24.1 Å². The first-order valence-corrected chi connectivity index (χ1v) is 6.20. The summed E-state index contributed by atoms with van der Waals surface area (Å²) >= 11 is 0. The van der Waals surface area contributed by atoms with E-state index in [-0.39, 0.29) is 24.7 Å². The van der Waals surface area contributed by atoms with Crippen LogP contribution < -0.4 is 0 Å². The molecule has 1 saturated heterocycles. The van der Waals surface area contributed by atoms with Crippen LogP contribution in [-0.2, 0) is 0 Å². The lowest BCUT2D eigenvalue weighted by Gasteiger charge is -2.35. The van der Waals surface area contributed by atoms with Crippen LogP contribution in [0.25, 0.3) is 0 Å². The predicted octanol–water partition coefficient (Wildman–Crippen LogP) is 1.42. The number of aliphatic hydroxyl groups is 2. The van der Waals surface area contributed by atoms with Gasteiger partial charge in [-0.25, -0.2) is 0 Å². The van der Waals surface area contributed by atoms with Gasteiger partial charge in [0.25, 0.3) is 0 Å². The van der Waals surface area contributed by atoms with E-state index in [0.29, 0.717) is 6.42 Å². The Morgan fingerprint density at radius 1 is 1.29 bits per heavy atom. The van der Waals surface area contributed by atoms with Gasteiger partial charge in [-0.3, -0.25) is 4.90 Å². The van der Waals surface area contributed by atoms with Gasteiger partial charge in [-0.05, 0) is 32.0 Å². The van der Waals surface area contributed by atoms with Crippen LogP contribution in [0, 0.1) is 5.41 Å². The molecule has 0 radical (unpaired) electrons. The van der Waals surface area contributed by atoms with Crippen LogP contribution in [0.5, 0.6) is 0 Å². The SMILES string of the molecule is CN1CCC(CO)(CCO)C1c1ccccc1. The Morgan fingerprint density at radius 2 is 2.00 bits per heavy atom. The summed E-state index contributed by atoms with van der Waals surface area (Å²) in [6.45, 7) is 1.25. The van der Waals surface area contributed by atoms with Crippen LogP contribution in [0.4, 0.5) is 0 Å². The molecule has 2 rings (SSSR count). The first-order valence-electron chi connectivity index (χ1n) is 6.20. The van der Waals surface area contributed by atoms with Crippen molar-refractivity contribution in [2.24, 2.45) is 5.41 Å². The molecule has 1 aromatic carbocycles. The third-order valence-electron chi connectivity index (χ3n) is 4.02. The molecule has 1 aromatic rings. The standard InChI is InChI=1S/C14H21NO2/c1-15-9-7-14(11-17,8-10-16)13(15)12-5-3-2-4-6-12/h2-6,13,16-17H,7-11H2,1H3. The maximum Gasteiger partial charge on any atom is 0.0507 e. The zero-order valence-corrected chi connectivity index (χ0v) is 10.3. The Kier molecular flexibility index (Phi) is 3.82. The number of benzene rings is 1. The number of rotatable bonds is 4. The second-order valence-corrected chi connectivity index (χ2v) is 5.04. The zero-order valence-electron chi connectivity index (χ0n) is 10.3. The van der Waals surface area contributed by atoms with Crippen LogP contribution in [0.15, 0.2) is 30.3 Å². The minimum Gasteiger partial charge on any atom is -0.396 e. The fourth-order valence-electron chi connectivity index (χ4n) is 3.10. The molecule has 17 heavy (non-hydrogen) atoms. The summed E-state index contributed by atoms with van der Waals surface area (Å²) < 4.78 is 0. The van der Waals surface area contributed by atoms with Gasteiger partial charge in [0, 0.05) is 18.1 Å². The first-order chi connectivity index (χ1) is 8.23. The summed E-state index contributed by atoms with van der Waals surface area (Å²) in [5.41, 5.74) is 1.04. The van der Waals surface area contributed by atoms with Crippen molar-refractivity contribution in [3.05, 3.63) is 35.9 Å². The summed E-state index contributed by atoms with van der Waals surface area (Å²) in [6.07, 6.45) is 1.60. The third-order valence-corrected chi connectivity index (χ3v) is 4.02. The van der Waals surface area contributed by atoms with E-state index in [9.17, 15) is 10.2 Å². The van der Waals surface area contributed by atoms with Gasteiger partial charge in [0.1, 0.15) is 0 Å². The average Bonchev–Trinajstić information content (AvgIpc) is 2.69. The van der Waals surface area contributed by atoms with E-state index >= 15 is 0 Å². The van der Waals surface area contributed by atoms with Crippen molar-refractivity contribution in [2.45, 2.75) is 18.9 Å². The normalized spacial score (nSPS) is 29.7. The van der Waals surface area contributed by atoms with Gasteiger partial charge >= 0.3 is 0 Å². The molecule has 0 spiro atoms. The van der Waals surface area contributed by atoms with Crippen molar-refractivity contribution >= 4 is 0 Å². The van der Waals surface area contributed by atoms with E-state index < -0.39 is 0 Å². The maximum absolute atomic E-state index is 9.76. The van der Waals surface area contributed by atoms with Crippen LogP contribution in [-0.4, -0.2) is 41.9 Å². The molecular formula is C14H21NO2. The molecule has 2 N–H and O–H groups in total. The van der Waals surface area contributed by atoms with E-state index in [1.165, 1.54) is 5.56 Å². The van der Waals surface area contributed by atoms with Crippen LogP contribution in [0.3, 0.4) is 0 Å². The van der Waals surface area contributed by atoms with Gasteiger partial charge in [-0.1, -0.05) is 30.3 Å². The molecule has 0 aromatic heterocycles. The highest BCUT2D eigenvalue weighted by molar-refractivity contribution is 5.23. The number of aliphatic hydroxyl groups excluding tert-OH is 2. The Morgan fingerprint density at radius 3 is 2.59 bits per heavy atom. The van der Waals surface area contributed by atoms with E-state index in [0.717, 1.165) is 13.0 Å². The number of hydrogen-bond acceptors (Lipinski definition) is 3. The first kappa shape index (κ1) is 12.6. The number of nitrogens with zero attached hydrogens (tertiary/aromatic N) is 1. The molecule has 1 aliphatic heterocycles. The Hall–Kier alpha value is -0.900. The highest BCUT2D eigenvalue weighted by atomic mass is 16.3. The number of likely N-dealkylation sites (tertiary alicyclic amines) is 1. The fourth-order valence-corrected chi connectivity index (χ4v) is 3.10. The smallest absolute Gasteiger partial charge is 0.0507 e. The minimum atomic E-state index is -0.190. The molecule has 0 aliphatic carbocycles. The molecule has 0 saturated carbocycles. The van der Waals surface area contributed by atoms with Crippen molar-refractivity contribution in [3.8, 4) is 0 Å². The lowest BCUT2D eigenvalue weighted by molar-refractivity contribution is 0.0562. The van der Waals surface area contributed by atoms with Crippen molar-refractivity contribution in [2.75, 3.05) is 26.8 Å². The molecule has 1 heterocycles. The summed E-state index contributed by atoms with van der Waals surface area (Å²) in [5, 5.41) is 19.0. The molecule has 0 amide bonds. The summed E-state index contributed by atoms with van der Waals surface area (Å²) in [4.78, 5) is 2.28. The van der Waals surface area contributed by atoms with Gasteiger partial charge in [-0.2, -0.15) is 0 Å². The molecule has 2 atom stereocenters. The monoisotopic (exact) mass is 235 g/mol. The lowest BCUT2D eigenvalue weighted by atomic mass is 9.75. The topological polar surface area (TPSA) is 43.7 Å². The Bertz CT molecular complexity index is 350. The maximum atomic E-state index is 9.76. The highest BCUT2D eigenvalue weighted by Crippen LogP contribution is 2.48. The van der Waals surface area contributed by atoms with Gasteiger partial charge in [0.15, 0.2) is 0 Å². The average molecular weight is 235 g/mol. The van der Waals surface area contributed by atoms with Crippen molar-refractivity contribution in [3.63, 3.8) is 0 Å². The Labute approximate surface area is 103 Å². The van der Waals surface area contributed by atoms with E-state index in [1.54, 1.807) is 0 Å². The largest absolute Gasteiger partial charge is 0.396 e. The molecule has 3 heteroatoms. The summed E-state index contributed by atoms with van der Waals surface area (Å²) in [5.74, 6) is 0. The highest BCUT2D eigenvalue weighted by Gasteiger charge is 2.45. The van der Waals surface area contributed by atoms with Gasteiger partial charge < -0.3 is 10.2 Å². The van der Waals surface area contributed by atoms with Crippen molar-refractivity contribution < 1.29 is 10.2 Å². The molecule has 2 unspecified atom stereocenters. The van der Waals surface area contributed by atoms with E-state index in [1.807, 2.05) is 18.2 Å². The Balaban J connectivity index is 2.34. The van der Waals surface area contributed by atoms with Gasteiger partial charge in [0.2, 0.25) is 0 Å². The van der Waals surface area contributed by atoms with Crippen LogP contribution >= 0.6 is 0 Å². The summed E-state index contributed by atoms with van der Waals surface area (Å²) in [6, 6.07) is 10.5. The molecular weight excluding hydrogens is 214 g/mol. The molecule has 1 fully saturated rings. The second-order valence-electron chi connectivity index (χ2n) is 5.04. The van der Waals surface area contributed by atoms with Crippen LogP contribution in [0.2, 0.25) is 0 Å². The van der Waals surface area contributed by atoms with Crippen molar-refractivity contribution in [1.29, 1.82) is 0 Å². The predicted molar refractivity (Wildman–Crippen MR) is 67.7 cm³/mol. The van der Waals surface area contributed by atoms with Crippen molar-refractivity contribution in [1.82, 2.24) is 4.90 Å². The van der Waals surface area contributed by atoms with Crippen LogP contribution in [0.1, 0.15) is 24.4 Å². The molecule has 3 nitrogen and oxygen atoms in total. The minimum absolute atomic E-state index is 0.136. The summed E-state index contributed by atoms with van der Waals surface area (Å²) in [7, 11) is 2.09. The molecule has 1 aliphatic rings. The van der Waals surface area contributed by atoms with E-state index in [4.69, 9.17) is 0 Å². The van der Waals surface area contributed by atoms with Gasteiger partial charge in [-0.15, -0.1) is 0 Å². The molecule has 0 bridgehead atoms. The quantitative estimate of drug-likeness (QED) is 0.829.